The van der Waals surface area contributed by atoms with Gasteiger partial charge in [-0.05, 0) is 51.0 Å². The fraction of sp³-hybridized carbons (Fsp3) is 0.364. The molecule has 4 rings (SSSR count). The third-order valence-corrected chi connectivity index (χ3v) is 5.45. The van der Waals surface area contributed by atoms with Crippen molar-refractivity contribution >= 4 is 17.4 Å². The number of nitrogens with zero attached hydrogens (tertiary/aromatic N) is 6. The van der Waals surface area contributed by atoms with Crippen molar-refractivity contribution in [2.45, 2.75) is 26.7 Å². The maximum Gasteiger partial charge on any atom is 0.231 e. The van der Waals surface area contributed by atoms with Crippen LogP contribution in [0.2, 0.25) is 0 Å². The van der Waals surface area contributed by atoms with Crippen LogP contribution in [0, 0.1) is 12.8 Å². The van der Waals surface area contributed by atoms with Gasteiger partial charge in [0, 0.05) is 37.7 Å². The van der Waals surface area contributed by atoms with E-state index in [0.717, 1.165) is 42.5 Å². The number of hydrogen-bond acceptors (Lipinski definition) is 5. The molecule has 150 valence electrons. The number of carbonyl (C=O) groups is 1. The SMILES string of the molecule is CCN(C(=O)C1CCCN(c2ccc(-n3ccnc3C)nn2)C1)c1ccccc1. The number of para-hydroxylation sites is 1. The second kappa shape index (κ2) is 8.43. The summed E-state index contributed by atoms with van der Waals surface area (Å²) in [5.74, 6) is 2.57. The molecule has 0 bridgehead atoms. The van der Waals surface area contributed by atoms with Gasteiger partial charge in [0.25, 0.3) is 0 Å². The van der Waals surface area contributed by atoms with Gasteiger partial charge in [0.05, 0.1) is 5.92 Å². The largest absolute Gasteiger partial charge is 0.354 e. The van der Waals surface area contributed by atoms with Crippen LogP contribution in [-0.2, 0) is 4.79 Å². The molecule has 1 fully saturated rings. The molecule has 2 aromatic heterocycles. The predicted molar refractivity (Wildman–Crippen MR) is 113 cm³/mol. The van der Waals surface area contributed by atoms with Crippen molar-refractivity contribution in [1.29, 1.82) is 0 Å². The zero-order chi connectivity index (χ0) is 20.2. The molecule has 3 aromatic rings. The van der Waals surface area contributed by atoms with Gasteiger partial charge in [-0.2, -0.15) is 0 Å². The zero-order valence-corrected chi connectivity index (χ0v) is 16.9. The second-order valence-corrected chi connectivity index (χ2v) is 7.30. The van der Waals surface area contributed by atoms with E-state index >= 15 is 0 Å². The minimum atomic E-state index is -0.0405. The van der Waals surface area contributed by atoms with E-state index in [1.807, 2.05) is 72.0 Å². The Bertz CT molecular complexity index is 953. The monoisotopic (exact) mass is 390 g/mol. The van der Waals surface area contributed by atoms with Crippen LogP contribution in [0.15, 0.2) is 54.9 Å². The standard InChI is InChI=1S/C22H26N6O/c1-3-27(19-9-5-4-6-10-19)22(29)18-8-7-14-26(16-18)20-11-12-21(25-24-20)28-15-13-23-17(28)2/h4-6,9-13,15,18H,3,7-8,14,16H2,1-2H3. The molecule has 3 heterocycles. The minimum absolute atomic E-state index is 0.0405. The van der Waals surface area contributed by atoms with Crippen LogP contribution in [0.4, 0.5) is 11.5 Å². The molecule has 1 aliphatic rings. The Morgan fingerprint density at radius 3 is 2.55 bits per heavy atom. The Labute approximate surface area is 171 Å². The van der Waals surface area contributed by atoms with Crippen molar-refractivity contribution in [3.8, 4) is 5.82 Å². The number of piperidine rings is 1. The van der Waals surface area contributed by atoms with Crippen molar-refractivity contribution in [1.82, 2.24) is 19.7 Å². The van der Waals surface area contributed by atoms with E-state index in [1.54, 1.807) is 6.20 Å². The van der Waals surface area contributed by atoms with E-state index in [4.69, 9.17) is 0 Å². The van der Waals surface area contributed by atoms with Crippen LogP contribution in [0.5, 0.6) is 0 Å². The zero-order valence-electron chi connectivity index (χ0n) is 16.9. The van der Waals surface area contributed by atoms with E-state index in [9.17, 15) is 4.79 Å². The van der Waals surface area contributed by atoms with E-state index < -0.39 is 0 Å². The molecule has 1 unspecified atom stereocenters. The number of imidazole rings is 1. The first-order valence-electron chi connectivity index (χ1n) is 10.1. The summed E-state index contributed by atoms with van der Waals surface area (Å²) in [4.78, 5) is 21.5. The molecule has 1 saturated heterocycles. The third-order valence-electron chi connectivity index (χ3n) is 5.45. The van der Waals surface area contributed by atoms with Crippen molar-refractivity contribution in [3.05, 3.63) is 60.7 Å². The number of hydrogen-bond donors (Lipinski definition) is 0. The molecule has 1 atom stereocenters. The summed E-state index contributed by atoms with van der Waals surface area (Å²) in [5.41, 5.74) is 0.956. The number of aromatic nitrogens is 4. The summed E-state index contributed by atoms with van der Waals surface area (Å²) in [6.45, 7) is 6.17. The van der Waals surface area contributed by atoms with Crippen LogP contribution in [0.3, 0.4) is 0 Å². The van der Waals surface area contributed by atoms with Crippen molar-refractivity contribution < 1.29 is 4.79 Å². The van der Waals surface area contributed by atoms with Gasteiger partial charge >= 0.3 is 0 Å². The molecule has 1 aromatic carbocycles. The van der Waals surface area contributed by atoms with Crippen molar-refractivity contribution in [2.24, 2.45) is 5.92 Å². The summed E-state index contributed by atoms with van der Waals surface area (Å²) < 4.78 is 1.90. The molecular weight excluding hydrogens is 364 g/mol. The molecule has 29 heavy (non-hydrogen) atoms. The predicted octanol–water partition coefficient (Wildman–Crippen LogP) is 3.24. The Kier molecular flexibility index (Phi) is 5.55. The van der Waals surface area contributed by atoms with Gasteiger partial charge in [-0.1, -0.05) is 18.2 Å². The number of amides is 1. The molecule has 7 heteroatoms. The Morgan fingerprint density at radius 1 is 1.14 bits per heavy atom. The number of aryl methyl sites for hydroxylation is 1. The first-order valence-corrected chi connectivity index (χ1v) is 10.1. The van der Waals surface area contributed by atoms with E-state index in [-0.39, 0.29) is 11.8 Å². The van der Waals surface area contributed by atoms with Crippen LogP contribution in [-0.4, -0.2) is 45.3 Å². The lowest BCUT2D eigenvalue weighted by Gasteiger charge is -2.35. The Balaban J connectivity index is 1.48. The van der Waals surface area contributed by atoms with Gasteiger partial charge in [0.2, 0.25) is 5.91 Å². The maximum absolute atomic E-state index is 13.2. The number of benzene rings is 1. The number of rotatable bonds is 5. The summed E-state index contributed by atoms with van der Waals surface area (Å²) in [6, 6.07) is 13.8. The smallest absolute Gasteiger partial charge is 0.231 e. The Morgan fingerprint density at radius 2 is 1.90 bits per heavy atom. The quantitative estimate of drug-likeness (QED) is 0.669. The molecule has 0 spiro atoms. The summed E-state index contributed by atoms with van der Waals surface area (Å²) in [7, 11) is 0. The van der Waals surface area contributed by atoms with Gasteiger partial charge in [-0.25, -0.2) is 4.98 Å². The van der Waals surface area contributed by atoms with E-state index in [1.165, 1.54) is 0 Å². The average Bonchev–Trinajstić information content (AvgIpc) is 3.21. The minimum Gasteiger partial charge on any atom is -0.354 e. The van der Waals surface area contributed by atoms with Gasteiger partial charge in [0.15, 0.2) is 11.6 Å². The average molecular weight is 390 g/mol. The summed E-state index contributed by atoms with van der Waals surface area (Å²) in [5, 5.41) is 8.78. The number of anilines is 2. The van der Waals surface area contributed by atoms with Gasteiger partial charge < -0.3 is 9.80 Å². The molecule has 7 nitrogen and oxygen atoms in total. The highest BCUT2D eigenvalue weighted by Crippen LogP contribution is 2.25. The summed E-state index contributed by atoms with van der Waals surface area (Å²) >= 11 is 0. The van der Waals surface area contributed by atoms with Crippen LogP contribution in [0.1, 0.15) is 25.6 Å². The Hall–Kier alpha value is -3.22. The molecule has 1 amide bonds. The fourth-order valence-corrected chi connectivity index (χ4v) is 3.92. The van der Waals surface area contributed by atoms with Crippen molar-refractivity contribution in [2.75, 3.05) is 29.4 Å². The topological polar surface area (TPSA) is 67.2 Å². The maximum atomic E-state index is 13.2. The fourth-order valence-electron chi connectivity index (χ4n) is 3.92. The lowest BCUT2D eigenvalue weighted by atomic mass is 9.96. The van der Waals surface area contributed by atoms with Gasteiger partial charge in [-0.15, -0.1) is 10.2 Å². The highest BCUT2D eigenvalue weighted by atomic mass is 16.2. The third kappa shape index (κ3) is 3.99. The first kappa shape index (κ1) is 19.1. The highest BCUT2D eigenvalue weighted by molar-refractivity contribution is 5.95. The lowest BCUT2D eigenvalue weighted by molar-refractivity contribution is -0.122. The van der Waals surface area contributed by atoms with Crippen LogP contribution >= 0.6 is 0 Å². The van der Waals surface area contributed by atoms with Gasteiger partial charge in [0.1, 0.15) is 5.82 Å². The molecular formula is C22H26N6O. The molecule has 0 aliphatic carbocycles. The molecule has 0 radical (unpaired) electrons. The lowest BCUT2D eigenvalue weighted by Crippen LogP contribution is -2.45. The van der Waals surface area contributed by atoms with Crippen LogP contribution < -0.4 is 9.80 Å². The van der Waals surface area contributed by atoms with Gasteiger partial charge in [-0.3, -0.25) is 9.36 Å². The van der Waals surface area contributed by atoms with Crippen LogP contribution in [0.25, 0.3) is 5.82 Å². The van der Waals surface area contributed by atoms with Crippen molar-refractivity contribution in [3.63, 3.8) is 0 Å². The van der Waals surface area contributed by atoms with E-state index in [0.29, 0.717) is 13.1 Å². The first-order chi connectivity index (χ1) is 14.2. The molecule has 1 aliphatic heterocycles. The number of carbonyl (C=O) groups excluding carboxylic acids is 1. The normalized spacial score (nSPS) is 16.6. The second-order valence-electron chi connectivity index (χ2n) is 7.30. The molecule has 0 saturated carbocycles. The highest BCUT2D eigenvalue weighted by Gasteiger charge is 2.30. The van der Waals surface area contributed by atoms with E-state index in [2.05, 4.69) is 20.1 Å². The molecule has 0 N–H and O–H groups in total. The summed E-state index contributed by atoms with van der Waals surface area (Å²) in [6.07, 6.45) is 5.49.